The van der Waals surface area contributed by atoms with Gasteiger partial charge in [0, 0.05) is 19.4 Å². The number of aldehydes is 1. The highest BCUT2D eigenvalue weighted by Crippen LogP contribution is 2.19. The summed E-state index contributed by atoms with van der Waals surface area (Å²) >= 11 is 0. The van der Waals surface area contributed by atoms with E-state index in [9.17, 15) is 43.5 Å². The zero-order valence-corrected chi connectivity index (χ0v) is 30.1. The predicted molar refractivity (Wildman–Crippen MR) is 189 cm³/mol. The van der Waals surface area contributed by atoms with Crippen LogP contribution < -0.4 is 33.2 Å². The van der Waals surface area contributed by atoms with Crippen molar-refractivity contribution in [1.29, 1.82) is 0 Å². The van der Waals surface area contributed by atoms with Gasteiger partial charge in [-0.05, 0) is 50.1 Å². The van der Waals surface area contributed by atoms with Crippen LogP contribution in [0.1, 0.15) is 71.3 Å². The second-order valence-electron chi connectivity index (χ2n) is 13.3. The van der Waals surface area contributed by atoms with Gasteiger partial charge in [0.05, 0.1) is 31.2 Å². The van der Waals surface area contributed by atoms with Gasteiger partial charge in [0.15, 0.2) is 0 Å². The van der Waals surface area contributed by atoms with Gasteiger partial charge in [-0.3, -0.25) is 38.5 Å². The van der Waals surface area contributed by atoms with Crippen molar-refractivity contribution in [3.05, 3.63) is 35.9 Å². The van der Waals surface area contributed by atoms with E-state index >= 15 is 0 Å². The van der Waals surface area contributed by atoms with E-state index < -0.39 is 97.6 Å². The van der Waals surface area contributed by atoms with E-state index in [4.69, 9.17) is 17.2 Å². The van der Waals surface area contributed by atoms with E-state index in [-0.39, 0.29) is 37.6 Å². The first-order chi connectivity index (χ1) is 24.6. The Morgan fingerprint density at radius 2 is 1.67 bits per heavy atom. The Balaban J connectivity index is 2.63. The maximum Gasteiger partial charge on any atom is 0.252 e. The number of amides is 7. The lowest BCUT2D eigenvalue weighted by Gasteiger charge is -2.37. The zero-order chi connectivity index (χ0) is 39.0. The second-order valence-corrected chi connectivity index (χ2v) is 13.3. The standard InChI is InChI=1S/C35H54N8O9/c1-4-9-31(48)43(35(52)26(13-14-29(37)46)41-32(49)24(36)19-44)27(17-30(38)47)33(50)40-23(16-22-10-6-5-7-11-22)18-42(28(20-45)21(2)3)34(51)25-12-8-15-39-25/h5-7,10-11,20-21,23-28,39,44H,4,8-9,12-19,36H2,1-3H3,(H2,37,46)(H2,38,47)(H,40,50)(H,41,49)/t23?,24-,25-,26-,27-,28+/m0/s1. The highest BCUT2D eigenvalue weighted by molar-refractivity contribution is 6.04. The van der Waals surface area contributed by atoms with Crippen LogP contribution in [0.25, 0.3) is 0 Å². The summed E-state index contributed by atoms with van der Waals surface area (Å²) in [7, 11) is 0. The Morgan fingerprint density at radius 3 is 2.19 bits per heavy atom. The van der Waals surface area contributed by atoms with Crippen LogP contribution in [0.4, 0.5) is 0 Å². The van der Waals surface area contributed by atoms with Crippen molar-refractivity contribution in [3.8, 4) is 0 Å². The Bertz CT molecular complexity index is 1400. The van der Waals surface area contributed by atoms with Crippen molar-refractivity contribution < 1.29 is 43.5 Å². The van der Waals surface area contributed by atoms with Crippen LogP contribution in [0, 0.1) is 5.92 Å². The third-order valence-electron chi connectivity index (χ3n) is 8.72. The van der Waals surface area contributed by atoms with Crippen LogP contribution in [0.15, 0.2) is 30.3 Å². The molecular weight excluding hydrogens is 676 g/mol. The number of aliphatic hydroxyl groups is 1. The van der Waals surface area contributed by atoms with Crippen molar-refractivity contribution >= 4 is 47.6 Å². The van der Waals surface area contributed by atoms with Crippen LogP contribution in [0.5, 0.6) is 0 Å². The summed E-state index contributed by atoms with van der Waals surface area (Å²) in [5.41, 5.74) is 17.2. The number of imide groups is 1. The van der Waals surface area contributed by atoms with Crippen LogP contribution in [0.3, 0.4) is 0 Å². The molecule has 0 aromatic heterocycles. The number of nitrogens with two attached hydrogens (primary N) is 3. The minimum Gasteiger partial charge on any atom is -0.394 e. The van der Waals surface area contributed by atoms with E-state index in [1.807, 2.05) is 0 Å². The normalized spacial score (nSPS) is 16.8. The molecule has 1 fully saturated rings. The number of primary amides is 2. The van der Waals surface area contributed by atoms with Crippen LogP contribution >= 0.6 is 0 Å². The Morgan fingerprint density at radius 1 is 1.00 bits per heavy atom. The van der Waals surface area contributed by atoms with Gasteiger partial charge in [-0.1, -0.05) is 51.1 Å². The number of hydrogen-bond acceptors (Lipinski definition) is 11. The molecule has 10 N–H and O–H groups in total. The van der Waals surface area contributed by atoms with Crippen LogP contribution in [-0.2, 0) is 44.8 Å². The Kier molecular flexibility index (Phi) is 18.0. The molecule has 2 rings (SSSR count). The van der Waals surface area contributed by atoms with Crippen LogP contribution in [0.2, 0.25) is 0 Å². The number of hydrogen-bond donors (Lipinski definition) is 7. The highest BCUT2D eigenvalue weighted by Gasteiger charge is 2.41. The Labute approximate surface area is 303 Å². The lowest BCUT2D eigenvalue weighted by Crippen LogP contribution is -2.62. The molecule has 6 atom stereocenters. The molecule has 1 aliphatic heterocycles. The van der Waals surface area contributed by atoms with Gasteiger partial charge in [-0.25, -0.2) is 0 Å². The maximum atomic E-state index is 14.3. The molecule has 1 aliphatic rings. The second kappa shape index (κ2) is 21.6. The number of aliphatic hydroxyl groups excluding tert-OH is 1. The van der Waals surface area contributed by atoms with Gasteiger partial charge in [-0.2, -0.15) is 0 Å². The molecule has 0 radical (unpaired) electrons. The molecule has 1 heterocycles. The highest BCUT2D eigenvalue weighted by atomic mass is 16.3. The lowest BCUT2D eigenvalue weighted by molar-refractivity contribution is -0.155. The van der Waals surface area contributed by atoms with Gasteiger partial charge in [-0.15, -0.1) is 0 Å². The number of benzene rings is 1. The van der Waals surface area contributed by atoms with Gasteiger partial charge < -0.3 is 48.0 Å². The van der Waals surface area contributed by atoms with Gasteiger partial charge in [0.25, 0.3) is 5.91 Å². The number of carbonyl (C=O) groups excluding carboxylic acids is 8. The SMILES string of the molecule is CCCC(=O)N(C(=O)[C@H](CCC(N)=O)NC(=O)[C@@H](N)CO)[C@@H](CC(N)=O)C(=O)NC(Cc1ccccc1)CN(C(=O)[C@@H]1CCCN1)[C@H](C=O)C(C)C. The minimum absolute atomic E-state index is 0.143. The van der Waals surface area contributed by atoms with E-state index in [0.717, 1.165) is 12.0 Å². The fourth-order valence-electron chi connectivity index (χ4n) is 5.99. The fourth-order valence-corrected chi connectivity index (χ4v) is 5.99. The average molecular weight is 731 g/mol. The minimum atomic E-state index is -1.82. The molecular formula is C35H54N8O9. The summed E-state index contributed by atoms with van der Waals surface area (Å²) in [5, 5.41) is 17.6. The van der Waals surface area contributed by atoms with Crippen molar-refractivity contribution in [1.82, 2.24) is 25.8 Å². The lowest BCUT2D eigenvalue weighted by atomic mass is 9.98. The summed E-state index contributed by atoms with van der Waals surface area (Å²) in [6.07, 6.45) is 0.505. The smallest absolute Gasteiger partial charge is 0.252 e. The van der Waals surface area contributed by atoms with E-state index in [0.29, 0.717) is 24.2 Å². The molecule has 52 heavy (non-hydrogen) atoms. The third-order valence-corrected chi connectivity index (χ3v) is 8.72. The molecule has 1 aromatic carbocycles. The molecule has 0 spiro atoms. The average Bonchev–Trinajstić information content (AvgIpc) is 3.64. The monoisotopic (exact) mass is 730 g/mol. The Hall–Kier alpha value is -4.74. The summed E-state index contributed by atoms with van der Waals surface area (Å²) < 4.78 is 0. The summed E-state index contributed by atoms with van der Waals surface area (Å²) in [4.78, 5) is 107. The number of nitrogens with zero attached hydrogens (tertiary/aromatic N) is 2. The number of nitrogens with one attached hydrogen (secondary N) is 3. The van der Waals surface area contributed by atoms with Crippen molar-refractivity contribution in [2.45, 2.75) is 108 Å². The van der Waals surface area contributed by atoms with Gasteiger partial charge >= 0.3 is 0 Å². The quantitative estimate of drug-likeness (QED) is 0.0640. The van der Waals surface area contributed by atoms with E-state index in [1.165, 1.54) is 4.90 Å². The van der Waals surface area contributed by atoms with Crippen molar-refractivity contribution in [2.24, 2.45) is 23.1 Å². The molecule has 288 valence electrons. The van der Waals surface area contributed by atoms with Crippen LogP contribution in [-0.4, -0.2) is 118 Å². The van der Waals surface area contributed by atoms with E-state index in [2.05, 4.69) is 16.0 Å². The molecule has 0 aliphatic carbocycles. The summed E-state index contributed by atoms with van der Waals surface area (Å²) in [6, 6.07) is 1.77. The molecule has 0 saturated carbocycles. The summed E-state index contributed by atoms with van der Waals surface area (Å²) in [5.74, 6) is -6.44. The third kappa shape index (κ3) is 13.1. The maximum absolute atomic E-state index is 14.3. The topological polar surface area (TPSA) is 277 Å². The first kappa shape index (κ1) is 43.4. The molecule has 1 unspecified atom stereocenters. The molecule has 1 aromatic rings. The predicted octanol–water partition coefficient (Wildman–Crippen LogP) is -2.01. The van der Waals surface area contributed by atoms with Crippen molar-refractivity contribution in [2.75, 3.05) is 19.7 Å². The van der Waals surface area contributed by atoms with Gasteiger partial charge in [0.2, 0.25) is 35.4 Å². The first-order valence-electron chi connectivity index (χ1n) is 17.6. The summed E-state index contributed by atoms with van der Waals surface area (Å²) in [6.45, 7) is 4.93. The molecule has 0 bridgehead atoms. The van der Waals surface area contributed by atoms with E-state index in [1.54, 1.807) is 51.1 Å². The molecule has 17 nitrogen and oxygen atoms in total. The molecule has 1 saturated heterocycles. The number of rotatable bonds is 22. The van der Waals surface area contributed by atoms with Gasteiger partial charge in [0.1, 0.15) is 24.4 Å². The largest absolute Gasteiger partial charge is 0.394 e. The molecule has 17 heteroatoms. The zero-order valence-electron chi connectivity index (χ0n) is 30.1. The fraction of sp³-hybridized carbons (Fsp3) is 0.600. The first-order valence-corrected chi connectivity index (χ1v) is 17.6. The number of carbonyl (C=O) groups is 8. The van der Waals surface area contributed by atoms with Crippen molar-refractivity contribution in [3.63, 3.8) is 0 Å². The molecule has 7 amide bonds.